The highest BCUT2D eigenvalue weighted by molar-refractivity contribution is 7.91. The molecule has 0 amide bonds. The van der Waals surface area contributed by atoms with E-state index in [1.165, 1.54) is 25.3 Å². The van der Waals surface area contributed by atoms with E-state index in [1.807, 2.05) is 41.5 Å². The number of allylic oxidation sites excluding steroid dienone is 3. The quantitative estimate of drug-likeness (QED) is 0.198. The molecular weight excluding hydrogens is 310 g/mol. The molecule has 0 aliphatic carbocycles. The third-order valence-electron chi connectivity index (χ3n) is 1.41. The third-order valence-corrected chi connectivity index (χ3v) is 2.85. The van der Waals surface area contributed by atoms with E-state index in [4.69, 9.17) is 4.18 Å². The van der Waals surface area contributed by atoms with Gasteiger partial charge in [0.15, 0.2) is 0 Å². The summed E-state index contributed by atoms with van der Waals surface area (Å²) in [7, 11) is -3.77. The summed E-state index contributed by atoms with van der Waals surface area (Å²) in [6, 6.07) is 0. The first-order valence-electron chi connectivity index (χ1n) is 7.86. The highest BCUT2D eigenvalue weighted by Gasteiger charge is 2.16. The molecule has 0 aromatic rings. The summed E-state index contributed by atoms with van der Waals surface area (Å²) < 4.78 is 27.7. The van der Waals surface area contributed by atoms with Crippen molar-refractivity contribution in [1.82, 2.24) is 0 Å². The van der Waals surface area contributed by atoms with Gasteiger partial charge in [-0.15, -0.1) is 13.2 Å². The molecule has 0 fully saturated rings. The molecule has 0 rings (SSSR count). The molecule has 0 aromatic heterocycles. The number of nitrogens with zero attached hydrogens (tertiary/aromatic N) is 1. The van der Waals surface area contributed by atoms with Crippen LogP contribution in [0.4, 0.5) is 0 Å². The Morgan fingerprint density at radius 1 is 1.00 bits per heavy atom. The molecule has 0 N–H and O–H groups in total. The lowest BCUT2D eigenvalue weighted by molar-refractivity contribution is 0.488. The fourth-order valence-electron chi connectivity index (χ4n) is 0.772. The second-order valence-corrected chi connectivity index (χ2v) is 4.11. The Bertz CT molecular complexity index is 420. The predicted octanol–water partition coefficient (Wildman–Crippen LogP) is 6.26. The minimum atomic E-state index is -3.77. The van der Waals surface area contributed by atoms with Gasteiger partial charge in [0, 0.05) is 13.1 Å². The molecule has 5 heteroatoms. The standard InChI is InChI=1S/C10H15NO3S.3C2H6.C2H4/c1-5-8-11-9(4)14-15(12,13)10(6-2)7-3;4*1-2/h5-8H,2H2,1,3-4H3;3*1-2H3;1-2H2/b8-5-,10-7+,11-9?;;;;. The Kier molecular flexibility index (Phi) is 41.1. The maximum atomic E-state index is 11.5. The zero-order chi connectivity index (χ0) is 19.9. The summed E-state index contributed by atoms with van der Waals surface area (Å²) >= 11 is 0. The lowest BCUT2D eigenvalue weighted by atomic mass is 10.5. The van der Waals surface area contributed by atoms with Crippen LogP contribution in [0.25, 0.3) is 0 Å². The topological polar surface area (TPSA) is 55.7 Å². The molecule has 138 valence electrons. The summed E-state index contributed by atoms with van der Waals surface area (Å²) in [6.45, 7) is 26.2. The summed E-state index contributed by atoms with van der Waals surface area (Å²) in [5, 5.41) is 0. The lowest BCUT2D eigenvalue weighted by Crippen LogP contribution is -2.11. The molecule has 0 bridgehead atoms. The van der Waals surface area contributed by atoms with Gasteiger partial charge in [-0.3, -0.25) is 0 Å². The molecule has 23 heavy (non-hydrogen) atoms. The van der Waals surface area contributed by atoms with Crippen molar-refractivity contribution in [1.29, 1.82) is 0 Å². The van der Waals surface area contributed by atoms with Crippen molar-refractivity contribution < 1.29 is 12.6 Å². The zero-order valence-electron chi connectivity index (χ0n) is 16.5. The molecule has 0 aliphatic rings. The molecule has 0 saturated carbocycles. The average Bonchev–Trinajstić information content (AvgIpc) is 2.60. The van der Waals surface area contributed by atoms with Crippen LogP contribution in [-0.4, -0.2) is 14.3 Å². The van der Waals surface area contributed by atoms with Crippen molar-refractivity contribution in [3.63, 3.8) is 0 Å². The Balaban J connectivity index is -0.000000116. The fraction of sp³-hybridized carbons (Fsp3) is 0.500. The summed E-state index contributed by atoms with van der Waals surface area (Å²) in [5.41, 5.74) is 0. The Morgan fingerprint density at radius 2 is 1.39 bits per heavy atom. The second-order valence-electron chi connectivity index (χ2n) is 2.56. The first-order chi connectivity index (χ1) is 11.0. The van der Waals surface area contributed by atoms with Crippen molar-refractivity contribution >= 4 is 16.0 Å². The average molecular weight is 348 g/mol. The molecule has 0 aliphatic heterocycles. The van der Waals surface area contributed by atoms with E-state index in [1.54, 1.807) is 19.9 Å². The smallest absolute Gasteiger partial charge is 0.340 e. The van der Waals surface area contributed by atoms with Crippen molar-refractivity contribution in [3.8, 4) is 0 Å². The normalized spacial score (nSPS) is 10.3. The van der Waals surface area contributed by atoms with Crippen LogP contribution in [0, 0.1) is 0 Å². The highest BCUT2D eigenvalue weighted by Crippen LogP contribution is 2.10. The van der Waals surface area contributed by atoms with Crippen LogP contribution in [0.1, 0.15) is 62.3 Å². The molecule has 0 spiro atoms. The molecule has 0 saturated heterocycles. The van der Waals surface area contributed by atoms with Gasteiger partial charge in [0.1, 0.15) is 4.91 Å². The van der Waals surface area contributed by atoms with Crippen molar-refractivity contribution in [2.24, 2.45) is 4.99 Å². The van der Waals surface area contributed by atoms with Crippen LogP contribution in [-0.2, 0) is 14.3 Å². The Hall–Kier alpha value is -1.62. The van der Waals surface area contributed by atoms with Crippen LogP contribution in [0.2, 0.25) is 0 Å². The zero-order valence-corrected chi connectivity index (χ0v) is 17.3. The minimum absolute atomic E-state index is 0.0255. The molecule has 0 atom stereocenters. The van der Waals surface area contributed by atoms with Gasteiger partial charge in [0.2, 0.25) is 5.90 Å². The van der Waals surface area contributed by atoms with Gasteiger partial charge in [0.25, 0.3) is 0 Å². The molecule has 0 heterocycles. The second kappa shape index (κ2) is 28.5. The van der Waals surface area contributed by atoms with E-state index in [-0.39, 0.29) is 10.8 Å². The number of hydrogen-bond acceptors (Lipinski definition) is 4. The molecule has 0 unspecified atom stereocenters. The van der Waals surface area contributed by atoms with Gasteiger partial charge in [-0.2, -0.15) is 8.42 Å². The summed E-state index contributed by atoms with van der Waals surface area (Å²) in [5.74, 6) is 0.0642. The monoisotopic (exact) mass is 347 g/mol. The van der Waals surface area contributed by atoms with Crippen LogP contribution >= 0.6 is 0 Å². The van der Waals surface area contributed by atoms with E-state index in [0.29, 0.717) is 0 Å². The largest absolute Gasteiger partial charge is 0.363 e. The minimum Gasteiger partial charge on any atom is -0.363 e. The molecule has 0 radical (unpaired) electrons. The van der Waals surface area contributed by atoms with E-state index >= 15 is 0 Å². The number of hydrogen-bond donors (Lipinski definition) is 0. The first kappa shape index (κ1) is 33.1. The van der Waals surface area contributed by atoms with Gasteiger partial charge in [-0.25, -0.2) is 4.99 Å². The number of aliphatic imine (C=N–C) groups is 1. The lowest BCUT2D eigenvalue weighted by Gasteiger charge is -2.05. The summed E-state index contributed by atoms with van der Waals surface area (Å²) in [6.07, 6.45) is 5.75. The van der Waals surface area contributed by atoms with Crippen molar-refractivity contribution in [2.45, 2.75) is 62.3 Å². The van der Waals surface area contributed by atoms with Crippen LogP contribution < -0.4 is 0 Å². The SMILES string of the molecule is C=C.C=C/C(=C\C)S(=O)(=O)OC(C)=N/C=C\C.CC.CC.CC. The Morgan fingerprint density at radius 3 is 1.65 bits per heavy atom. The Labute approximate surface area is 145 Å². The van der Waals surface area contributed by atoms with Crippen molar-refractivity contribution in [2.75, 3.05) is 0 Å². The first-order valence-corrected chi connectivity index (χ1v) is 9.27. The molecule has 4 nitrogen and oxygen atoms in total. The molecule has 0 aromatic carbocycles. The summed E-state index contributed by atoms with van der Waals surface area (Å²) in [4.78, 5) is 3.78. The van der Waals surface area contributed by atoms with Crippen LogP contribution in [0.15, 0.2) is 54.1 Å². The van der Waals surface area contributed by atoms with Crippen LogP contribution in [0.3, 0.4) is 0 Å². The van der Waals surface area contributed by atoms with E-state index < -0.39 is 10.1 Å². The number of rotatable bonds is 4. The maximum Gasteiger partial charge on any atom is 0.340 e. The maximum absolute atomic E-state index is 11.5. The van der Waals surface area contributed by atoms with E-state index in [9.17, 15) is 8.42 Å². The van der Waals surface area contributed by atoms with Gasteiger partial charge >= 0.3 is 10.1 Å². The van der Waals surface area contributed by atoms with Gasteiger partial charge in [-0.1, -0.05) is 60.3 Å². The van der Waals surface area contributed by atoms with E-state index in [2.05, 4.69) is 24.7 Å². The van der Waals surface area contributed by atoms with Gasteiger partial charge < -0.3 is 4.18 Å². The van der Waals surface area contributed by atoms with Crippen LogP contribution in [0.5, 0.6) is 0 Å². The predicted molar refractivity (Wildman–Crippen MR) is 107 cm³/mol. The van der Waals surface area contributed by atoms with Gasteiger partial charge in [-0.05, 0) is 19.9 Å². The fourth-order valence-corrected chi connectivity index (χ4v) is 1.72. The van der Waals surface area contributed by atoms with Crippen molar-refractivity contribution in [3.05, 3.63) is 49.1 Å². The highest BCUT2D eigenvalue weighted by atomic mass is 32.2. The van der Waals surface area contributed by atoms with Gasteiger partial charge in [0.05, 0.1) is 0 Å². The molecular formula is C18H37NO3S. The third kappa shape index (κ3) is 22.8. The van der Waals surface area contributed by atoms with E-state index in [0.717, 1.165) is 0 Å².